The van der Waals surface area contributed by atoms with Crippen molar-refractivity contribution in [3.8, 4) is 12.3 Å². The number of carbonyl (C=O) groups is 2. The second-order valence-corrected chi connectivity index (χ2v) is 5.31. The highest BCUT2D eigenvalue weighted by molar-refractivity contribution is 5.98. The van der Waals surface area contributed by atoms with E-state index >= 15 is 0 Å². The van der Waals surface area contributed by atoms with Crippen molar-refractivity contribution >= 4 is 23.2 Å². The molecule has 20 heavy (non-hydrogen) atoms. The van der Waals surface area contributed by atoms with E-state index in [0.717, 1.165) is 29.9 Å². The highest BCUT2D eigenvalue weighted by atomic mass is 16.2. The predicted molar refractivity (Wildman–Crippen MR) is 77.5 cm³/mol. The number of anilines is 2. The molecule has 0 saturated carbocycles. The largest absolute Gasteiger partial charge is 0.312 e. The third-order valence-electron chi connectivity index (χ3n) is 4.01. The number of rotatable bonds is 1. The first-order valence-electron chi connectivity index (χ1n) is 6.77. The molecule has 1 fully saturated rings. The number of amides is 2. The van der Waals surface area contributed by atoms with Crippen LogP contribution in [-0.2, 0) is 16.0 Å². The molecule has 1 saturated heterocycles. The summed E-state index contributed by atoms with van der Waals surface area (Å²) in [6.07, 6.45) is 6.67. The smallest absolute Gasteiger partial charge is 0.228 e. The average Bonchev–Trinajstić information content (AvgIpc) is 3.01. The number of carbonyl (C=O) groups excluding carboxylic acids is 2. The van der Waals surface area contributed by atoms with Crippen LogP contribution >= 0.6 is 0 Å². The lowest BCUT2D eigenvalue weighted by molar-refractivity contribution is -0.117. The number of fused-ring (bicyclic) bond motifs is 1. The van der Waals surface area contributed by atoms with Gasteiger partial charge in [-0.15, -0.1) is 12.3 Å². The molecule has 0 aromatic heterocycles. The zero-order valence-corrected chi connectivity index (χ0v) is 11.4. The maximum Gasteiger partial charge on any atom is 0.228 e. The van der Waals surface area contributed by atoms with Crippen LogP contribution in [-0.4, -0.2) is 24.9 Å². The Morgan fingerprint density at radius 1 is 1.45 bits per heavy atom. The fourth-order valence-corrected chi connectivity index (χ4v) is 2.95. The Kier molecular flexibility index (Phi) is 2.98. The Hall–Kier alpha value is -2.28. The molecule has 2 aliphatic heterocycles. The standard InChI is InChI=1S/C16H16N2O2/c1-3-12-8-16(20)18(10-12)14-4-5-15-13(9-14)6-7-17(15)11(2)19/h1,4-5,9,12H,6-8,10H2,2H3. The van der Waals surface area contributed by atoms with Crippen LogP contribution in [0.4, 0.5) is 11.4 Å². The van der Waals surface area contributed by atoms with Gasteiger partial charge in [0.15, 0.2) is 0 Å². The van der Waals surface area contributed by atoms with Gasteiger partial charge in [-0.05, 0) is 30.2 Å². The van der Waals surface area contributed by atoms with Crippen LogP contribution in [0, 0.1) is 18.3 Å². The zero-order chi connectivity index (χ0) is 14.3. The Balaban J connectivity index is 1.90. The summed E-state index contributed by atoms with van der Waals surface area (Å²) in [6, 6.07) is 5.83. The second kappa shape index (κ2) is 4.68. The van der Waals surface area contributed by atoms with E-state index in [2.05, 4.69) is 5.92 Å². The van der Waals surface area contributed by atoms with E-state index in [-0.39, 0.29) is 17.7 Å². The van der Waals surface area contributed by atoms with Crippen LogP contribution in [0.25, 0.3) is 0 Å². The van der Waals surface area contributed by atoms with Crippen LogP contribution < -0.4 is 9.80 Å². The van der Waals surface area contributed by atoms with E-state index in [1.807, 2.05) is 18.2 Å². The van der Waals surface area contributed by atoms with Crippen molar-refractivity contribution in [1.29, 1.82) is 0 Å². The Morgan fingerprint density at radius 3 is 2.90 bits per heavy atom. The Bertz CT molecular complexity index is 630. The molecule has 0 radical (unpaired) electrons. The monoisotopic (exact) mass is 268 g/mol. The van der Waals surface area contributed by atoms with E-state index in [9.17, 15) is 9.59 Å². The van der Waals surface area contributed by atoms with Crippen LogP contribution in [0.15, 0.2) is 18.2 Å². The highest BCUT2D eigenvalue weighted by Crippen LogP contribution is 2.33. The van der Waals surface area contributed by atoms with Crippen molar-refractivity contribution in [3.05, 3.63) is 23.8 Å². The molecule has 0 N–H and O–H groups in total. The van der Waals surface area contributed by atoms with Gasteiger partial charge >= 0.3 is 0 Å². The van der Waals surface area contributed by atoms with Gasteiger partial charge in [0.05, 0.1) is 0 Å². The van der Waals surface area contributed by atoms with Crippen molar-refractivity contribution < 1.29 is 9.59 Å². The number of terminal acetylenes is 1. The lowest BCUT2D eigenvalue weighted by Gasteiger charge is -2.19. The van der Waals surface area contributed by atoms with Crippen molar-refractivity contribution in [2.75, 3.05) is 22.9 Å². The summed E-state index contributed by atoms with van der Waals surface area (Å²) < 4.78 is 0. The summed E-state index contributed by atoms with van der Waals surface area (Å²) in [5.41, 5.74) is 2.97. The summed E-state index contributed by atoms with van der Waals surface area (Å²) in [7, 11) is 0. The maximum atomic E-state index is 12.0. The van der Waals surface area contributed by atoms with Crippen LogP contribution in [0.1, 0.15) is 18.9 Å². The van der Waals surface area contributed by atoms with Crippen molar-refractivity contribution in [3.63, 3.8) is 0 Å². The number of benzene rings is 1. The number of nitrogens with zero attached hydrogens (tertiary/aromatic N) is 2. The third-order valence-corrected chi connectivity index (χ3v) is 4.01. The minimum Gasteiger partial charge on any atom is -0.312 e. The van der Waals surface area contributed by atoms with Gasteiger partial charge in [0.25, 0.3) is 0 Å². The first kappa shape index (κ1) is 12.7. The average molecular weight is 268 g/mol. The lowest BCUT2D eigenvalue weighted by Crippen LogP contribution is -2.26. The SMILES string of the molecule is C#CC1CC(=O)N(c2ccc3c(c2)CCN3C(C)=O)C1. The zero-order valence-electron chi connectivity index (χ0n) is 11.4. The molecule has 4 heteroatoms. The van der Waals surface area contributed by atoms with Gasteiger partial charge in [-0.1, -0.05) is 0 Å². The summed E-state index contributed by atoms with van der Waals surface area (Å²) in [4.78, 5) is 27.0. The quantitative estimate of drug-likeness (QED) is 0.726. The second-order valence-electron chi connectivity index (χ2n) is 5.31. The Morgan fingerprint density at radius 2 is 2.25 bits per heavy atom. The number of hydrogen-bond donors (Lipinski definition) is 0. The van der Waals surface area contributed by atoms with Gasteiger partial charge in [-0.3, -0.25) is 9.59 Å². The topological polar surface area (TPSA) is 40.6 Å². The fourth-order valence-electron chi connectivity index (χ4n) is 2.95. The van der Waals surface area contributed by atoms with Gasteiger partial charge in [-0.2, -0.15) is 0 Å². The molecule has 1 aromatic carbocycles. The lowest BCUT2D eigenvalue weighted by atomic mass is 10.1. The molecule has 0 spiro atoms. The van der Waals surface area contributed by atoms with Gasteiger partial charge in [0.2, 0.25) is 11.8 Å². The summed E-state index contributed by atoms with van der Waals surface area (Å²) in [5.74, 6) is 2.79. The molecule has 1 unspecified atom stereocenters. The summed E-state index contributed by atoms with van der Waals surface area (Å²) in [5, 5.41) is 0. The maximum absolute atomic E-state index is 12.0. The van der Waals surface area contributed by atoms with E-state index in [1.165, 1.54) is 0 Å². The first-order chi connectivity index (χ1) is 9.60. The molecule has 3 rings (SSSR count). The molecule has 0 bridgehead atoms. The van der Waals surface area contributed by atoms with Crippen molar-refractivity contribution in [1.82, 2.24) is 0 Å². The van der Waals surface area contributed by atoms with Gasteiger partial charge in [0.1, 0.15) is 0 Å². The molecule has 2 amide bonds. The van der Waals surface area contributed by atoms with Crippen LogP contribution in [0.5, 0.6) is 0 Å². The van der Waals surface area contributed by atoms with Gasteiger partial charge < -0.3 is 9.80 Å². The molecular formula is C16H16N2O2. The third kappa shape index (κ3) is 1.96. The fraction of sp³-hybridized carbons (Fsp3) is 0.375. The molecule has 2 heterocycles. The van der Waals surface area contributed by atoms with E-state index < -0.39 is 0 Å². The molecule has 1 atom stereocenters. The first-order valence-corrected chi connectivity index (χ1v) is 6.77. The molecule has 1 aromatic rings. The molecule has 0 aliphatic carbocycles. The highest BCUT2D eigenvalue weighted by Gasteiger charge is 2.30. The van der Waals surface area contributed by atoms with Crippen LogP contribution in [0.2, 0.25) is 0 Å². The van der Waals surface area contributed by atoms with Gasteiger partial charge in [0, 0.05) is 43.7 Å². The molecular weight excluding hydrogens is 252 g/mol. The molecule has 2 aliphatic rings. The summed E-state index contributed by atoms with van der Waals surface area (Å²) >= 11 is 0. The summed E-state index contributed by atoms with van der Waals surface area (Å²) in [6.45, 7) is 2.88. The van der Waals surface area contributed by atoms with E-state index in [4.69, 9.17) is 6.42 Å². The Labute approximate surface area is 118 Å². The minimum absolute atomic E-state index is 0.00414. The van der Waals surface area contributed by atoms with E-state index in [1.54, 1.807) is 16.7 Å². The van der Waals surface area contributed by atoms with Gasteiger partial charge in [-0.25, -0.2) is 0 Å². The van der Waals surface area contributed by atoms with Crippen LogP contribution in [0.3, 0.4) is 0 Å². The minimum atomic E-state index is 0.00414. The normalized spacial score (nSPS) is 21.0. The molecule has 4 nitrogen and oxygen atoms in total. The van der Waals surface area contributed by atoms with E-state index in [0.29, 0.717) is 13.0 Å². The van der Waals surface area contributed by atoms with Crippen molar-refractivity contribution in [2.24, 2.45) is 5.92 Å². The molecule has 102 valence electrons. The predicted octanol–water partition coefficient (Wildman–Crippen LogP) is 1.58. The van der Waals surface area contributed by atoms with Crippen molar-refractivity contribution in [2.45, 2.75) is 19.8 Å². The number of hydrogen-bond acceptors (Lipinski definition) is 2.